The lowest BCUT2D eigenvalue weighted by Gasteiger charge is -2.40. The Hall–Kier alpha value is -1.82. The van der Waals surface area contributed by atoms with E-state index in [2.05, 4.69) is 51.9 Å². The van der Waals surface area contributed by atoms with Gasteiger partial charge in [-0.3, -0.25) is 0 Å². The number of aromatic amines is 1. The van der Waals surface area contributed by atoms with Crippen molar-refractivity contribution in [2.75, 3.05) is 6.54 Å². The summed E-state index contributed by atoms with van der Waals surface area (Å²) in [4.78, 5) is 22.7. The third-order valence-corrected chi connectivity index (χ3v) is 5.92. The molecule has 27 heavy (non-hydrogen) atoms. The highest BCUT2D eigenvalue weighted by Crippen LogP contribution is 2.41. The number of nitrogens with zero attached hydrogens (tertiary/aromatic N) is 2. The lowest BCUT2D eigenvalue weighted by molar-refractivity contribution is 0.00657. The van der Waals surface area contributed by atoms with E-state index in [1.165, 1.54) is 0 Å². The summed E-state index contributed by atoms with van der Waals surface area (Å²) in [7, 11) is 0. The molecule has 1 aliphatic rings. The van der Waals surface area contributed by atoms with Crippen molar-refractivity contribution in [1.82, 2.24) is 14.9 Å². The summed E-state index contributed by atoms with van der Waals surface area (Å²) in [6.45, 7) is 10.7. The zero-order valence-corrected chi connectivity index (χ0v) is 18.3. The van der Waals surface area contributed by atoms with Crippen LogP contribution in [0.4, 0.5) is 4.79 Å². The van der Waals surface area contributed by atoms with Crippen LogP contribution in [0.1, 0.15) is 59.2 Å². The van der Waals surface area contributed by atoms with Crippen molar-refractivity contribution in [2.24, 2.45) is 0 Å². The van der Waals surface area contributed by atoms with E-state index in [0.29, 0.717) is 0 Å². The minimum absolute atomic E-state index is 0.0664. The molecule has 3 rings (SSSR count). The summed E-state index contributed by atoms with van der Waals surface area (Å²) in [5, 5.41) is 0. The van der Waals surface area contributed by atoms with E-state index in [4.69, 9.17) is 4.74 Å². The third kappa shape index (κ3) is 4.21. The number of carbonyl (C=O) groups excluding carboxylic acids is 1. The molecule has 146 valence electrons. The van der Waals surface area contributed by atoms with Gasteiger partial charge in [-0.15, -0.1) is 0 Å². The van der Waals surface area contributed by atoms with Gasteiger partial charge in [-0.25, -0.2) is 9.78 Å². The Morgan fingerprint density at radius 3 is 2.63 bits per heavy atom. The maximum absolute atomic E-state index is 12.7. The van der Waals surface area contributed by atoms with Crippen molar-refractivity contribution in [3.8, 4) is 11.3 Å². The van der Waals surface area contributed by atoms with Crippen LogP contribution in [-0.4, -0.2) is 38.6 Å². The molecule has 2 atom stereocenters. The average molecular weight is 434 g/mol. The Kier molecular flexibility index (Phi) is 5.39. The number of nitrogens with one attached hydrogen (secondary N) is 1. The molecule has 0 saturated carbocycles. The van der Waals surface area contributed by atoms with Gasteiger partial charge in [-0.1, -0.05) is 35.0 Å². The van der Waals surface area contributed by atoms with Gasteiger partial charge in [0.1, 0.15) is 11.4 Å². The first-order valence-electron chi connectivity index (χ1n) is 9.41. The molecule has 2 unspecified atom stereocenters. The summed E-state index contributed by atoms with van der Waals surface area (Å²) in [5.41, 5.74) is 1.25. The standard InChI is InChI=1S/C21H28BrN3O2/c1-14(18-23-13-17(24-18)15-7-9-16(22)10-8-15)21(5)11-6-12-25(21)19(26)27-20(2,3)4/h7-10,13-14H,6,11-12H2,1-5H3,(H,23,24). The quantitative estimate of drug-likeness (QED) is 0.671. The van der Waals surface area contributed by atoms with E-state index in [0.717, 1.165) is 40.9 Å². The molecule has 1 aliphatic heterocycles. The number of likely N-dealkylation sites (tertiary alicyclic amines) is 1. The van der Waals surface area contributed by atoms with E-state index in [9.17, 15) is 4.79 Å². The molecule has 0 spiro atoms. The number of hydrogen-bond acceptors (Lipinski definition) is 3. The molecule has 1 saturated heterocycles. The first-order chi connectivity index (χ1) is 12.6. The molecule has 1 N–H and O–H groups in total. The van der Waals surface area contributed by atoms with Crippen LogP contribution in [0.5, 0.6) is 0 Å². The third-order valence-electron chi connectivity index (χ3n) is 5.39. The maximum Gasteiger partial charge on any atom is 0.410 e. The molecule has 0 aliphatic carbocycles. The monoisotopic (exact) mass is 433 g/mol. The summed E-state index contributed by atoms with van der Waals surface area (Å²) in [5.74, 6) is 0.961. The maximum atomic E-state index is 12.7. The Balaban J connectivity index is 1.82. The first-order valence-corrected chi connectivity index (χ1v) is 10.2. The van der Waals surface area contributed by atoms with Crippen LogP contribution in [0.2, 0.25) is 0 Å². The molecule has 6 heteroatoms. The van der Waals surface area contributed by atoms with Crippen LogP contribution in [0.3, 0.4) is 0 Å². The van der Waals surface area contributed by atoms with Gasteiger partial charge in [0.15, 0.2) is 0 Å². The second-order valence-corrected chi connectivity index (χ2v) is 9.42. The molecule has 0 bridgehead atoms. The number of ether oxygens (including phenoxy) is 1. The Morgan fingerprint density at radius 2 is 2.00 bits per heavy atom. The van der Waals surface area contributed by atoms with Crippen molar-refractivity contribution in [2.45, 2.75) is 64.5 Å². The largest absolute Gasteiger partial charge is 0.444 e. The minimum atomic E-state index is -0.497. The number of rotatable bonds is 3. The fourth-order valence-corrected chi connectivity index (χ4v) is 3.94. The molecule has 1 aromatic heterocycles. The van der Waals surface area contributed by atoms with Gasteiger partial charge in [0, 0.05) is 16.9 Å². The zero-order chi connectivity index (χ0) is 19.8. The molecule has 5 nitrogen and oxygen atoms in total. The van der Waals surface area contributed by atoms with E-state index in [1.54, 1.807) is 0 Å². The Bertz CT molecular complexity index is 810. The van der Waals surface area contributed by atoms with Gasteiger partial charge in [0.05, 0.1) is 17.4 Å². The van der Waals surface area contributed by atoms with Crippen LogP contribution >= 0.6 is 15.9 Å². The van der Waals surface area contributed by atoms with Crippen molar-refractivity contribution in [3.63, 3.8) is 0 Å². The molecule has 0 radical (unpaired) electrons. The zero-order valence-electron chi connectivity index (χ0n) is 16.7. The average Bonchev–Trinajstić information content (AvgIpc) is 3.21. The molecule has 2 aromatic rings. The number of carbonyl (C=O) groups is 1. The number of halogens is 1. The predicted molar refractivity (Wildman–Crippen MR) is 111 cm³/mol. The van der Waals surface area contributed by atoms with E-state index in [-0.39, 0.29) is 17.6 Å². The smallest absolute Gasteiger partial charge is 0.410 e. The first kappa shape index (κ1) is 19.9. The summed E-state index contributed by atoms with van der Waals surface area (Å²) in [6.07, 6.45) is 3.53. The molecule has 1 fully saturated rings. The molecule has 1 aromatic carbocycles. The highest BCUT2D eigenvalue weighted by Gasteiger charge is 2.46. The molecular weight excluding hydrogens is 406 g/mol. The summed E-state index contributed by atoms with van der Waals surface area (Å²) >= 11 is 3.46. The van der Waals surface area contributed by atoms with Crippen LogP contribution in [-0.2, 0) is 4.74 Å². The van der Waals surface area contributed by atoms with Crippen molar-refractivity contribution in [1.29, 1.82) is 0 Å². The second-order valence-electron chi connectivity index (χ2n) is 8.50. The van der Waals surface area contributed by atoms with Gasteiger partial charge in [0.25, 0.3) is 0 Å². The highest BCUT2D eigenvalue weighted by atomic mass is 79.9. The molecule has 1 amide bonds. The van der Waals surface area contributed by atoms with Crippen molar-refractivity contribution < 1.29 is 9.53 Å². The van der Waals surface area contributed by atoms with Crippen LogP contribution in [0, 0.1) is 0 Å². The number of H-pyrrole nitrogens is 1. The lowest BCUT2D eigenvalue weighted by atomic mass is 9.84. The minimum Gasteiger partial charge on any atom is -0.444 e. The van der Waals surface area contributed by atoms with Gasteiger partial charge in [-0.05, 0) is 58.2 Å². The Labute approximate surface area is 169 Å². The van der Waals surface area contributed by atoms with Gasteiger partial charge < -0.3 is 14.6 Å². The van der Waals surface area contributed by atoms with Crippen LogP contribution < -0.4 is 0 Å². The van der Waals surface area contributed by atoms with Crippen molar-refractivity contribution >= 4 is 22.0 Å². The normalized spacial score (nSPS) is 21.3. The number of benzene rings is 1. The van der Waals surface area contributed by atoms with Gasteiger partial charge in [-0.2, -0.15) is 0 Å². The van der Waals surface area contributed by atoms with Gasteiger partial charge >= 0.3 is 6.09 Å². The molecule has 2 heterocycles. The number of imidazole rings is 1. The summed E-state index contributed by atoms with van der Waals surface area (Å²) in [6, 6.07) is 8.14. The SMILES string of the molecule is CC(c1ncc(-c2ccc(Br)cc2)[nH]1)C1(C)CCCN1C(=O)OC(C)(C)C. The molecular formula is C21H28BrN3O2. The number of aromatic nitrogens is 2. The van der Waals surface area contributed by atoms with E-state index >= 15 is 0 Å². The number of hydrogen-bond donors (Lipinski definition) is 1. The Morgan fingerprint density at radius 1 is 1.33 bits per heavy atom. The van der Waals surface area contributed by atoms with E-state index in [1.807, 2.05) is 44.0 Å². The highest BCUT2D eigenvalue weighted by molar-refractivity contribution is 9.10. The fourth-order valence-electron chi connectivity index (χ4n) is 3.68. The van der Waals surface area contributed by atoms with Gasteiger partial charge in [0.2, 0.25) is 0 Å². The summed E-state index contributed by atoms with van der Waals surface area (Å²) < 4.78 is 6.69. The number of amides is 1. The van der Waals surface area contributed by atoms with Crippen molar-refractivity contribution in [3.05, 3.63) is 40.8 Å². The lowest BCUT2D eigenvalue weighted by Crippen LogP contribution is -2.50. The second kappa shape index (κ2) is 7.30. The van der Waals surface area contributed by atoms with Crippen LogP contribution in [0.25, 0.3) is 11.3 Å². The fraction of sp³-hybridized carbons (Fsp3) is 0.524. The predicted octanol–water partition coefficient (Wildman–Crippen LogP) is 5.73. The van der Waals surface area contributed by atoms with E-state index < -0.39 is 5.60 Å². The topological polar surface area (TPSA) is 58.2 Å². The van der Waals surface area contributed by atoms with Crippen LogP contribution in [0.15, 0.2) is 34.9 Å².